The maximum Gasteiger partial charge on any atom is 0.242 e. The van der Waals surface area contributed by atoms with Crippen LogP contribution in [0.25, 0.3) is 0 Å². The number of hydrogen-bond donors (Lipinski definition) is 2. The molecule has 0 atom stereocenters. The van der Waals surface area contributed by atoms with Crippen molar-refractivity contribution in [3.63, 3.8) is 0 Å². The van der Waals surface area contributed by atoms with E-state index in [0.717, 1.165) is 6.42 Å². The molecular formula is C13H20N2O3S. The minimum Gasteiger partial charge on any atom is -0.497 e. The SMILES string of the molecule is COc1ccc(S(=O)(=O)NCCC2CCC2)c(N)c1. The molecule has 0 bridgehead atoms. The van der Waals surface area contributed by atoms with Gasteiger partial charge in [0.2, 0.25) is 10.0 Å². The summed E-state index contributed by atoms with van der Waals surface area (Å²) in [5.41, 5.74) is 5.96. The van der Waals surface area contributed by atoms with Crippen molar-refractivity contribution in [2.75, 3.05) is 19.4 Å². The van der Waals surface area contributed by atoms with E-state index in [4.69, 9.17) is 10.5 Å². The highest BCUT2D eigenvalue weighted by Gasteiger charge is 2.20. The fourth-order valence-corrected chi connectivity index (χ4v) is 3.31. The van der Waals surface area contributed by atoms with E-state index in [1.807, 2.05) is 0 Å². The van der Waals surface area contributed by atoms with Gasteiger partial charge >= 0.3 is 0 Å². The lowest BCUT2D eigenvalue weighted by Crippen LogP contribution is -2.28. The maximum atomic E-state index is 12.1. The first-order valence-electron chi connectivity index (χ1n) is 6.46. The molecule has 1 saturated carbocycles. The molecule has 0 spiro atoms. The molecule has 106 valence electrons. The van der Waals surface area contributed by atoms with Crippen LogP contribution < -0.4 is 15.2 Å². The minimum absolute atomic E-state index is 0.113. The van der Waals surface area contributed by atoms with Crippen molar-refractivity contribution in [3.8, 4) is 5.75 Å². The molecule has 0 amide bonds. The van der Waals surface area contributed by atoms with Crippen molar-refractivity contribution >= 4 is 15.7 Å². The molecule has 0 saturated heterocycles. The van der Waals surface area contributed by atoms with Crippen LogP contribution in [0.4, 0.5) is 5.69 Å². The average molecular weight is 284 g/mol. The molecule has 0 radical (unpaired) electrons. The first-order valence-corrected chi connectivity index (χ1v) is 7.94. The molecular weight excluding hydrogens is 264 g/mol. The van der Waals surface area contributed by atoms with E-state index in [-0.39, 0.29) is 10.6 Å². The molecule has 1 aromatic rings. The predicted molar refractivity (Wildman–Crippen MR) is 74.6 cm³/mol. The Morgan fingerprint density at radius 2 is 2.16 bits per heavy atom. The molecule has 0 aromatic heterocycles. The van der Waals surface area contributed by atoms with Gasteiger partial charge < -0.3 is 10.5 Å². The van der Waals surface area contributed by atoms with E-state index >= 15 is 0 Å². The molecule has 2 rings (SSSR count). The van der Waals surface area contributed by atoms with Gasteiger partial charge in [0.25, 0.3) is 0 Å². The molecule has 0 unspecified atom stereocenters. The molecule has 0 aliphatic heterocycles. The van der Waals surface area contributed by atoms with Gasteiger partial charge in [-0.05, 0) is 24.5 Å². The van der Waals surface area contributed by atoms with Crippen molar-refractivity contribution in [2.45, 2.75) is 30.6 Å². The normalized spacial score (nSPS) is 16.1. The molecule has 1 aliphatic carbocycles. The van der Waals surface area contributed by atoms with Crippen LogP contribution in [0.3, 0.4) is 0 Å². The summed E-state index contributed by atoms with van der Waals surface area (Å²) in [4.78, 5) is 0.113. The van der Waals surface area contributed by atoms with Crippen LogP contribution in [0.15, 0.2) is 23.1 Å². The summed E-state index contributed by atoms with van der Waals surface area (Å²) in [7, 11) is -2.01. The molecule has 3 N–H and O–H groups in total. The summed E-state index contributed by atoms with van der Waals surface area (Å²) >= 11 is 0. The van der Waals surface area contributed by atoms with Crippen LogP contribution in [-0.4, -0.2) is 22.1 Å². The standard InChI is InChI=1S/C13H20N2O3S/c1-18-11-5-6-13(12(14)9-11)19(16,17)15-8-7-10-3-2-4-10/h5-6,9-10,15H,2-4,7-8,14H2,1H3. The second-order valence-electron chi connectivity index (χ2n) is 4.89. The van der Waals surface area contributed by atoms with Crippen LogP contribution in [0.2, 0.25) is 0 Å². The summed E-state index contributed by atoms with van der Waals surface area (Å²) in [6, 6.07) is 4.58. The number of nitrogen functional groups attached to an aromatic ring is 1. The number of nitrogens with one attached hydrogen (secondary N) is 1. The second-order valence-corrected chi connectivity index (χ2v) is 6.62. The number of nitrogens with two attached hydrogens (primary N) is 1. The van der Waals surface area contributed by atoms with Crippen LogP contribution in [-0.2, 0) is 10.0 Å². The van der Waals surface area contributed by atoms with Crippen molar-refractivity contribution < 1.29 is 13.2 Å². The number of anilines is 1. The zero-order chi connectivity index (χ0) is 13.9. The Kier molecular flexibility index (Phi) is 4.31. The van der Waals surface area contributed by atoms with E-state index in [2.05, 4.69) is 4.72 Å². The third-order valence-corrected chi connectivity index (χ3v) is 5.11. The van der Waals surface area contributed by atoms with E-state index in [1.165, 1.54) is 38.5 Å². The smallest absolute Gasteiger partial charge is 0.242 e. The van der Waals surface area contributed by atoms with Gasteiger partial charge in [-0.1, -0.05) is 19.3 Å². The maximum absolute atomic E-state index is 12.1. The number of benzene rings is 1. The predicted octanol–water partition coefficient (Wildman–Crippen LogP) is 1.75. The topological polar surface area (TPSA) is 81.4 Å². The van der Waals surface area contributed by atoms with Gasteiger partial charge in [-0.25, -0.2) is 13.1 Å². The Bertz CT molecular complexity index is 539. The Morgan fingerprint density at radius 1 is 1.42 bits per heavy atom. The monoisotopic (exact) mass is 284 g/mol. The lowest BCUT2D eigenvalue weighted by Gasteiger charge is -2.25. The number of rotatable bonds is 6. The van der Waals surface area contributed by atoms with Gasteiger partial charge in [-0.15, -0.1) is 0 Å². The van der Waals surface area contributed by atoms with Crippen molar-refractivity contribution in [3.05, 3.63) is 18.2 Å². The Labute approximate surface area is 114 Å². The van der Waals surface area contributed by atoms with Crippen LogP contribution in [0.1, 0.15) is 25.7 Å². The number of ether oxygens (including phenoxy) is 1. The zero-order valence-corrected chi connectivity index (χ0v) is 11.9. The third-order valence-electron chi connectivity index (χ3n) is 3.58. The summed E-state index contributed by atoms with van der Waals surface area (Å²) < 4.78 is 31.8. The van der Waals surface area contributed by atoms with Gasteiger partial charge in [-0.2, -0.15) is 0 Å². The van der Waals surface area contributed by atoms with Crippen LogP contribution in [0, 0.1) is 5.92 Å². The fraction of sp³-hybridized carbons (Fsp3) is 0.538. The Morgan fingerprint density at radius 3 is 2.68 bits per heavy atom. The molecule has 1 fully saturated rings. The number of methoxy groups -OCH3 is 1. The highest BCUT2D eigenvalue weighted by atomic mass is 32.2. The molecule has 0 heterocycles. The fourth-order valence-electron chi connectivity index (χ4n) is 2.15. The summed E-state index contributed by atoms with van der Waals surface area (Å²) in [5, 5.41) is 0. The highest BCUT2D eigenvalue weighted by Crippen LogP contribution is 2.29. The zero-order valence-electron chi connectivity index (χ0n) is 11.1. The summed E-state index contributed by atoms with van der Waals surface area (Å²) in [6.07, 6.45) is 4.59. The summed E-state index contributed by atoms with van der Waals surface area (Å²) in [6.45, 7) is 0.471. The molecule has 1 aliphatic rings. The first-order chi connectivity index (χ1) is 9.03. The van der Waals surface area contributed by atoms with Gasteiger partial charge in [0.1, 0.15) is 10.6 Å². The average Bonchev–Trinajstić information content (AvgIpc) is 2.31. The van der Waals surface area contributed by atoms with Gasteiger partial charge in [0, 0.05) is 12.6 Å². The molecule has 6 heteroatoms. The van der Waals surface area contributed by atoms with E-state index in [1.54, 1.807) is 6.07 Å². The van der Waals surface area contributed by atoms with Crippen LogP contribution >= 0.6 is 0 Å². The highest BCUT2D eigenvalue weighted by molar-refractivity contribution is 7.89. The van der Waals surface area contributed by atoms with E-state index in [0.29, 0.717) is 18.2 Å². The van der Waals surface area contributed by atoms with E-state index in [9.17, 15) is 8.42 Å². The van der Waals surface area contributed by atoms with Crippen molar-refractivity contribution in [1.29, 1.82) is 0 Å². The van der Waals surface area contributed by atoms with Crippen LogP contribution in [0.5, 0.6) is 5.75 Å². The number of sulfonamides is 1. The molecule has 5 nitrogen and oxygen atoms in total. The van der Waals surface area contributed by atoms with Gasteiger partial charge in [0.15, 0.2) is 0 Å². The Balaban J connectivity index is 2.01. The van der Waals surface area contributed by atoms with E-state index < -0.39 is 10.0 Å². The largest absolute Gasteiger partial charge is 0.497 e. The second kappa shape index (κ2) is 5.79. The Hall–Kier alpha value is -1.27. The quantitative estimate of drug-likeness (QED) is 0.780. The van der Waals surface area contributed by atoms with Crippen molar-refractivity contribution in [1.82, 2.24) is 4.72 Å². The van der Waals surface area contributed by atoms with Crippen molar-refractivity contribution in [2.24, 2.45) is 5.92 Å². The minimum atomic E-state index is -3.53. The number of hydrogen-bond acceptors (Lipinski definition) is 4. The third kappa shape index (κ3) is 3.39. The lowest BCUT2D eigenvalue weighted by molar-refractivity contribution is 0.297. The molecule has 1 aromatic carbocycles. The van der Waals surface area contributed by atoms with Gasteiger partial charge in [-0.3, -0.25) is 0 Å². The van der Waals surface area contributed by atoms with Gasteiger partial charge in [0.05, 0.1) is 12.8 Å². The molecule has 19 heavy (non-hydrogen) atoms. The lowest BCUT2D eigenvalue weighted by atomic mass is 9.83. The summed E-state index contributed by atoms with van der Waals surface area (Å²) in [5.74, 6) is 1.22. The first kappa shape index (κ1) is 14.1.